The van der Waals surface area contributed by atoms with Gasteiger partial charge in [0.1, 0.15) is 5.82 Å². The van der Waals surface area contributed by atoms with Gasteiger partial charge in [-0.25, -0.2) is 4.39 Å². The van der Waals surface area contributed by atoms with Crippen LogP contribution >= 0.6 is 0 Å². The molecular formula is C19H19FN4O. The van der Waals surface area contributed by atoms with Gasteiger partial charge in [-0.1, -0.05) is 12.1 Å². The van der Waals surface area contributed by atoms with E-state index in [2.05, 4.69) is 10.4 Å². The Morgan fingerprint density at radius 2 is 1.92 bits per heavy atom. The standard InChI is InChI=1S/C19H19FN4O/c1-23(12-14-11-21-24(2)13-14)19(25)17-5-3-4-6-18(17)22-16-9-7-15(20)8-10-16/h3-11,13,22H,12H2,1-2H3. The minimum Gasteiger partial charge on any atom is -0.355 e. The van der Waals surface area contributed by atoms with Crippen LogP contribution in [0.25, 0.3) is 0 Å². The zero-order valence-corrected chi connectivity index (χ0v) is 14.1. The summed E-state index contributed by atoms with van der Waals surface area (Å²) < 4.78 is 14.8. The molecule has 0 aliphatic heterocycles. The molecule has 1 N–H and O–H groups in total. The van der Waals surface area contributed by atoms with E-state index in [1.54, 1.807) is 41.0 Å². The molecule has 1 aromatic heterocycles. The minimum absolute atomic E-state index is 0.103. The van der Waals surface area contributed by atoms with E-state index >= 15 is 0 Å². The summed E-state index contributed by atoms with van der Waals surface area (Å²) in [6, 6.07) is 13.3. The van der Waals surface area contributed by atoms with Gasteiger partial charge in [-0.15, -0.1) is 0 Å². The van der Waals surface area contributed by atoms with Gasteiger partial charge in [-0.05, 0) is 36.4 Å². The molecule has 2 aromatic carbocycles. The number of carbonyl (C=O) groups is 1. The molecule has 3 rings (SSSR count). The molecule has 0 saturated carbocycles. The van der Waals surface area contributed by atoms with Crippen molar-refractivity contribution in [1.82, 2.24) is 14.7 Å². The number of rotatable bonds is 5. The van der Waals surface area contributed by atoms with Crippen LogP contribution in [-0.2, 0) is 13.6 Å². The maximum absolute atomic E-state index is 13.1. The molecule has 1 amide bonds. The molecule has 0 radical (unpaired) electrons. The molecule has 0 fully saturated rings. The maximum atomic E-state index is 13.1. The van der Waals surface area contributed by atoms with Crippen molar-refractivity contribution in [2.45, 2.75) is 6.54 Å². The Bertz CT molecular complexity index is 873. The molecule has 0 aliphatic carbocycles. The van der Waals surface area contributed by atoms with Crippen molar-refractivity contribution in [1.29, 1.82) is 0 Å². The number of amides is 1. The quantitative estimate of drug-likeness (QED) is 0.774. The molecule has 128 valence electrons. The summed E-state index contributed by atoms with van der Waals surface area (Å²) in [6.45, 7) is 0.470. The lowest BCUT2D eigenvalue weighted by molar-refractivity contribution is 0.0786. The molecule has 3 aromatic rings. The number of carbonyl (C=O) groups excluding carboxylic acids is 1. The number of para-hydroxylation sites is 1. The SMILES string of the molecule is CN(Cc1cnn(C)c1)C(=O)c1ccccc1Nc1ccc(F)cc1. The summed E-state index contributed by atoms with van der Waals surface area (Å²) in [5, 5.41) is 7.29. The van der Waals surface area contributed by atoms with E-state index in [9.17, 15) is 9.18 Å². The van der Waals surface area contributed by atoms with Crippen LogP contribution in [0.15, 0.2) is 60.9 Å². The molecule has 0 bridgehead atoms. The molecule has 5 nitrogen and oxygen atoms in total. The molecule has 0 atom stereocenters. The van der Waals surface area contributed by atoms with E-state index in [1.807, 2.05) is 31.4 Å². The number of nitrogens with zero attached hydrogens (tertiary/aromatic N) is 3. The molecule has 25 heavy (non-hydrogen) atoms. The molecule has 6 heteroatoms. The first-order valence-corrected chi connectivity index (χ1v) is 7.87. The highest BCUT2D eigenvalue weighted by Gasteiger charge is 2.16. The number of anilines is 2. The van der Waals surface area contributed by atoms with E-state index in [1.165, 1.54) is 12.1 Å². The van der Waals surface area contributed by atoms with Crippen LogP contribution in [0, 0.1) is 5.82 Å². The zero-order chi connectivity index (χ0) is 17.8. The predicted molar refractivity (Wildman–Crippen MR) is 95.1 cm³/mol. The average Bonchev–Trinajstić information content (AvgIpc) is 3.01. The van der Waals surface area contributed by atoms with Crippen LogP contribution in [-0.4, -0.2) is 27.6 Å². The minimum atomic E-state index is -0.300. The Labute approximate surface area is 145 Å². The molecular weight excluding hydrogens is 319 g/mol. The normalized spacial score (nSPS) is 10.5. The van der Waals surface area contributed by atoms with Crippen molar-refractivity contribution >= 4 is 17.3 Å². The Kier molecular flexibility index (Phi) is 4.79. The van der Waals surface area contributed by atoms with Crippen molar-refractivity contribution in [3.05, 3.63) is 77.9 Å². The summed E-state index contributed by atoms with van der Waals surface area (Å²) in [6.07, 6.45) is 3.62. The van der Waals surface area contributed by atoms with Gasteiger partial charge in [0, 0.05) is 38.1 Å². The fourth-order valence-corrected chi connectivity index (χ4v) is 2.57. The number of halogens is 1. The van der Waals surface area contributed by atoms with Gasteiger partial charge in [0.25, 0.3) is 5.91 Å². The van der Waals surface area contributed by atoms with Crippen molar-refractivity contribution < 1.29 is 9.18 Å². The van der Waals surface area contributed by atoms with Crippen molar-refractivity contribution in [3.8, 4) is 0 Å². The van der Waals surface area contributed by atoms with Crippen LogP contribution in [0.2, 0.25) is 0 Å². The lowest BCUT2D eigenvalue weighted by Crippen LogP contribution is -2.26. The number of aromatic nitrogens is 2. The van der Waals surface area contributed by atoms with Gasteiger partial charge in [-0.2, -0.15) is 5.10 Å². The second kappa shape index (κ2) is 7.17. The first kappa shape index (κ1) is 16.7. The summed E-state index contributed by atoms with van der Waals surface area (Å²) in [4.78, 5) is 14.5. The van der Waals surface area contributed by atoms with Crippen LogP contribution in [0.3, 0.4) is 0 Å². The van der Waals surface area contributed by atoms with E-state index in [0.29, 0.717) is 17.8 Å². The Morgan fingerprint density at radius 3 is 2.60 bits per heavy atom. The Balaban J connectivity index is 1.79. The lowest BCUT2D eigenvalue weighted by Gasteiger charge is -2.19. The second-order valence-electron chi connectivity index (χ2n) is 5.86. The zero-order valence-electron chi connectivity index (χ0n) is 14.1. The topological polar surface area (TPSA) is 50.2 Å². The average molecular weight is 338 g/mol. The van der Waals surface area contributed by atoms with E-state index in [-0.39, 0.29) is 11.7 Å². The molecule has 0 aliphatic rings. The van der Waals surface area contributed by atoms with Gasteiger partial charge in [0.15, 0.2) is 0 Å². The van der Waals surface area contributed by atoms with Crippen molar-refractivity contribution in [2.24, 2.45) is 7.05 Å². The van der Waals surface area contributed by atoms with Crippen LogP contribution < -0.4 is 5.32 Å². The highest BCUT2D eigenvalue weighted by Crippen LogP contribution is 2.22. The van der Waals surface area contributed by atoms with Crippen molar-refractivity contribution in [2.75, 3.05) is 12.4 Å². The highest BCUT2D eigenvalue weighted by molar-refractivity contribution is 6.00. The summed E-state index contributed by atoms with van der Waals surface area (Å²) in [5.74, 6) is -0.403. The Morgan fingerprint density at radius 1 is 1.20 bits per heavy atom. The molecule has 0 unspecified atom stereocenters. The maximum Gasteiger partial charge on any atom is 0.256 e. The number of nitrogens with one attached hydrogen (secondary N) is 1. The van der Waals surface area contributed by atoms with Gasteiger partial charge in [0.05, 0.1) is 17.4 Å². The van der Waals surface area contributed by atoms with Gasteiger partial charge in [-0.3, -0.25) is 9.48 Å². The third-order valence-electron chi connectivity index (χ3n) is 3.81. The number of aryl methyl sites for hydroxylation is 1. The summed E-state index contributed by atoms with van der Waals surface area (Å²) in [5.41, 5.74) is 2.91. The van der Waals surface area contributed by atoms with Gasteiger partial charge < -0.3 is 10.2 Å². The summed E-state index contributed by atoms with van der Waals surface area (Å²) >= 11 is 0. The first-order valence-electron chi connectivity index (χ1n) is 7.87. The monoisotopic (exact) mass is 338 g/mol. The second-order valence-corrected chi connectivity index (χ2v) is 5.86. The third kappa shape index (κ3) is 4.03. The van der Waals surface area contributed by atoms with Crippen LogP contribution in [0.5, 0.6) is 0 Å². The van der Waals surface area contributed by atoms with Crippen LogP contribution in [0.4, 0.5) is 15.8 Å². The van der Waals surface area contributed by atoms with E-state index in [4.69, 9.17) is 0 Å². The van der Waals surface area contributed by atoms with E-state index < -0.39 is 0 Å². The number of hydrogen-bond donors (Lipinski definition) is 1. The van der Waals surface area contributed by atoms with Gasteiger partial charge in [0.2, 0.25) is 0 Å². The third-order valence-corrected chi connectivity index (χ3v) is 3.81. The smallest absolute Gasteiger partial charge is 0.256 e. The lowest BCUT2D eigenvalue weighted by atomic mass is 10.1. The van der Waals surface area contributed by atoms with E-state index in [0.717, 1.165) is 11.3 Å². The number of hydrogen-bond acceptors (Lipinski definition) is 3. The highest BCUT2D eigenvalue weighted by atomic mass is 19.1. The molecule has 1 heterocycles. The van der Waals surface area contributed by atoms with Gasteiger partial charge >= 0.3 is 0 Å². The first-order chi connectivity index (χ1) is 12.0. The fraction of sp³-hybridized carbons (Fsp3) is 0.158. The molecule has 0 saturated heterocycles. The molecule has 0 spiro atoms. The Hall–Kier alpha value is -3.15. The summed E-state index contributed by atoms with van der Waals surface area (Å²) in [7, 11) is 3.59. The number of benzene rings is 2. The fourth-order valence-electron chi connectivity index (χ4n) is 2.57. The van der Waals surface area contributed by atoms with Crippen LogP contribution in [0.1, 0.15) is 15.9 Å². The van der Waals surface area contributed by atoms with Crippen molar-refractivity contribution in [3.63, 3.8) is 0 Å². The largest absolute Gasteiger partial charge is 0.355 e. The predicted octanol–water partition coefficient (Wildman–Crippen LogP) is 3.58.